The number of aromatic nitrogens is 4. The molecule has 0 bridgehead atoms. The lowest BCUT2D eigenvalue weighted by Gasteiger charge is -2.13. The predicted octanol–water partition coefficient (Wildman–Crippen LogP) is 6.35. The van der Waals surface area contributed by atoms with Crippen molar-refractivity contribution < 1.29 is 22.7 Å². The van der Waals surface area contributed by atoms with Crippen molar-refractivity contribution in [3.8, 4) is 23.0 Å². The number of amides is 1. The molecule has 0 saturated heterocycles. The Morgan fingerprint density at radius 2 is 1.78 bits per heavy atom. The summed E-state index contributed by atoms with van der Waals surface area (Å²) < 4.78 is 45.1. The molecule has 0 radical (unpaired) electrons. The van der Waals surface area contributed by atoms with Crippen LogP contribution in [-0.4, -0.2) is 32.9 Å². The van der Waals surface area contributed by atoms with E-state index in [1.165, 1.54) is 30.7 Å². The number of rotatable bonds is 6. The van der Waals surface area contributed by atoms with Crippen molar-refractivity contribution in [1.29, 1.82) is 0 Å². The lowest BCUT2D eigenvalue weighted by molar-refractivity contribution is -0.137. The van der Waals surface area contributed by atoms with Crippen LogP contribution in [0.4, 0.5) is 24.8 Å². The quantitative estimate of drug-likeness (QED) is 0.297. The Morgan fingerprint density at radius 1 is 1.00 bits per heavy atom. The second-order valence-electron chi connectivity index (χ2n) is 7.13. The van der Waals surface area contributed by atoms with Crippen LogP contribution in [0.5, 0.6) is 11.6 Å². The van der Waals surface area contributed by atoms with Gasteiger partial charge in [0.1, 0.15) is 12.1 Å². The van der Waals surface area contributed by atoms with Gasteiger partial charge in [-0.3, -0.25) is 4.79 Å². The number of carbonyl (C=O) groups is 1. The van der Waals surface area contributed by atoms with Crippen LogP contribution in [0.25, 0.3) is 11.4 Å². The number of hydrogen-bond donors (Lipinski definition) is 2. The normalized spacial score (nSPS) is 11.2. The van der Waals surface area contributed by atoms with E-state index in [1.54, 1.807) is 19.2 Å². The fourth-order valence-corrected chi connectivity index (χ4v) is 3.40. The monoisotopic (exact) mass is 534 g/mol. The van der Waals surface area contributed by atoms with Crippen LogP contribution < -0.4 is 15.4 Å². The van der Waals surface area contributed by atoms with Crippen LogP contribution in [0.15, 0.2) is 61.1 Å². The number of pyridine rings is 1. The summed E-state index contributed by atoms with van der Waals surface area (Å²) in [7, 11) is 1.66. The Labute approximate surface area is 212 Å². The molecule has 0 aliphatic carbocycles. The van der Waals surface area contributed by atoms with E-state index in [-0.39, 0.29) is 32.9 Å². The third-order valence-electron chi connectivity index (χ3n) is 4.75. The van der Waals surface area contributed by atoms with Crippen molar-refractivity contribution in [2.24, 2.45) is 0 Å². The Hall–Kier alpha value is -3.96. The van der Waals surface area contributed by atoms with Crippen LogP contribution in [0.2, 0.25) is 10.0 Å². The van der Waals surface area contributed by atoms with E-state index >= 15 is 0 Å². The van der Waals surface area contributed by atoms with Gasteiger partial charge in [-0.1, -0.05) is 23.2 Å². The number of nitrogens with zero attached hydrogens (tertiary/aromatic N) is 4. The van der Waals surface area contributed by atoms with Crippen molar-refractivity contribution in [3.05, 3.63) is 82.2 Å². The molecule has 0 fully saturated rings. The van der Waals surface area contributed by atoms with Gasteiger partial charge in [-0.15, -0.1) is 0 Å². The molecule has 8 nitrogen and oxygen atoms in total. The predicted molar refractivity (Wildman–Crippen MR) is 129 cm³/mol. The van der Waals surface area contributed by atoms with E-state index < -0.39 is 17.6 Å². The summed E-state index contributed by atoms with van der Waals surface area (Å²) in [5.41, 5.74) is -0.825. The van der Waals surface area contributed by atoms with Gasteiger partial charge in [-0.05, 0) is 42.5 Å². The van der Waals surface area contributed by atoms with Gasteiger partial charge in [0.2, 0.25) is 11.8 Å². The lowest BCUT2D eigenvalue weighted by atomic mass is 10.1. The molecule has 0 atom stereocenters. The second kappa shape index (κ2) is 10.3. The van der Waals surface area contributed by atoms with Crippen molar-refractivity contribution in [2.75, 3.05) is 17.7 Å². The van der Waals surface area contributed by atoms with Crippen molar-refractivity contribution in [2.45, 2.75) is 6.18 Å². The zero-order chi connectivity index (χ0) is 25.9. The van der Waals surface area contributed by atoms with E-state index in [0.29, 0.717) is 23.4 Å². The third-order valence-corrected chi connectivity index (χ3v) is 5.41. The maximum absolute atomic E-state index is 13.1. The molecule has 0 aliphatic rings. The molecule has 2 aromatic heterocycles. The minimum Gasteiger partial charge on any atom is -0.438 e. The Balaban J connectivity index is 1.61. The number of nitrogens with one attached hydrogen (secondary N) is 2. The van der Waals surface area contributed by atoms with E-state index in [0.717, 1.165) is 12.1 Å². The van der Waals surface area contributed by atoms with Crippen LogP contribution in [0, 0.1) is 0 Å². The van der Waals surface area contributed by atoms with E-state index in [9.17, 15) is 18.0 Å². The first-order valence-electron chi connectivity index (χ1n) is 10.1. The highest BCUT2D eigenvalue weighted by Gasteiger charge is 2.31. The highest BCUT2D eigenvalue weighted by atomic mass is 35.5. The van der Waals surface area contributed by atoms with Gasteiger partial charge in [-0.2, -0.15) is 18.2 Å². The van der Waals surface area contributed by atoms with E-state index in [2.05, 4.69) is 30.6 Å². The van der Waals surface area contributed by atoms with Gasteiger partial charge in [-0.25, -0.2) is 15.0 Å². The number of alkyl halides is 3. The molecule has 0 aliphatic heterocycles. The molecule has 36 heavy (non-hydrogen) atoms. The van der Waals surface area contributed by atoms with Gasteiger partial charge in [0.15, 0.2) is 5.82 Å². The summed E-state index contributed by atoms with van der Waals surface area (Å²) in [6, 6.07) is 10.2. The Bertz CT molecular complexity index is 1440. The molecule has 0 unspecified atom stereocenters. The van der Waals surface area contributed by atoms with Crippen molar-refractivity contribution in [3.63, 3.8) is 0 Å². The van der Waals surface area contributed by atoms with Gasteiger partial charge in [0.25, 0.3) is 5.91 Å². The number of anilines is 2. The molecule has 2 heterocycles. The summed E-state index contributed by atoms with van der Waals surface area (Å²) in [4.78, 5) is 29.4. The average molecular weight is 535 g/mol. The summed E-state index contributed by atoms with van der Waals surface area (Å²) in [6.07, 6.45) is -1.80. The number of carbonyl (C=O) groups excluding carboxylic acids is 1. The summed E-state index contributed by atoms with van der Waals surface area (Å²) in [5.74, 6) is 0.158. The molecule has 13 heteroatoms. The highest BCUT2D eigenvalue weighted by Crippen LogP contribution is 2.35. The second-order valence-corrected chi connectivity index (χ2v) is 7.94. The molecule has 2 N–H and O–H groups in total. The SMILES string of the molecule is CNc1ncnc(-c2cccnc2Oc2ccc(Cl)c(NC(=O)c3cc(C(F)(F)F)ccc3Cl)c2)n1. The number of halogens is 5. The Kier molecular flexibility index (Phi) is 7.22. The van der Waals surface area contributed by atoms with E-state index in [1.807, 2.05) is 0 Å². The minimum atomic E-state index is -4.64. The minimum absolute atomic E-state index is 0.0859. The van der Waals surface area contributed by atoms with Crippen LogP contribution in [0.3, 0.4) is 0 Å². The first-order valence-corrected chi connectivity index (χ1v) is 10.9. The first kappa shape index (κ1) is 25.1. The summed E-state index contributed by atoms with van der Waals surface area (Å²) in [5, 5.41) is 5.26. The van der Waals surface area contributed by atoms with Gasteiger partial charge in [0, 0.05) is 19.3 Å². The first-order chi connectivity index (χ1) is 17.2. The molecule has 2 aromatic carbocycles. The Morgan fingerprint density at radius 3 is 2.53 bits per heavy atom. The number of hydrogen-bond acceptors (Lipinski definition) is 7. The van der Waals surface area contributed by atoms with Gasteiger partial charge >= 0.3 is 6.18 Å². The summed E-state index contributed by atoms with van der Waals surface area (Å²) in [6.45, 7) is 0. The molecular formula is C23H15Cl2F3N6O2. The van der Waals surface area contributed by atoms with Crippen LogP contribution in [-0.2, 0) is 6.18 Å². The topological polar surface area (TPSA) is 102 Å². The van der Waals surface area contributed by atoms with Crippen LogP contribution in [0.1, 0.15) is 15.9 Å². The molecular weight excluding hydrogens is 520 g/mol. The molecule has 4 aromatic rings. The zero-order valence-electron chi connectivity index (χ0n) is 18.3. The fourth-order valence-electron chi connectivity index (χ4n) is 3.03. The standard InChI is InChI=1S/C23H15Cl2F3N6O2/c1-29-22-32-11-31-19(34-22)14-3-2-8-30-21(14)36-13-5-7-17(25)18(10-13)33-20(35)15-9-12(23(26,27)28)4-6-16(15)24/h2-11H,1H3,(H,33,35)(H,29,31,32,34). The van der Waals surface area contributed by atoms with Crippen LogP contribution >= 0.6 is 23.2 Å². The molecule has 0 spiro atoms. The summed E-state index contributed by atoms with van der Waals surface area (Å²) >= 11 is 12.2. The highest BCUT2D eigenvalue weighted by molar-refractivity contribution is 6.36. The molecule has 4 rings (SSSR count). The number of benzene rings is 2. The third kappa shape index (κ3) is 5.64. The van der Waals surface area contributed by atoms with E-state index in [4.69, 9.17) is 27.9 Å². The zero-order valence-corrected chi connectivity index (χ0v) is 19.8. The fraction of sp³-hybridized carbons (Fsp3) is 0.0870. The van der Waals surface area contributed by atoms with Crippen molar-refractivity contribution >= 4 is 40.7 Å². The molecule has 0 saturated carbocycles. The average Bonchev–Trinajstić information content (AvgIpc) is 2.86. The maximum Gasteiger partial charge on any atom is 0.416 e. The molecule has 1 amide bonds. The maximum atomic E-state index is 13.1. The molecule has 184 valence electrons. The smallest absolute Gasteiger partial charge is 0.416 e. The largest absolute Gasteiger partial charge is 0.438 e. The lowest BCUT2D eigenvalue weighted by Crippen LogP contribution is -2.15. The van der Waals surface area contributed by atoms with Gasteiger partial charge in [0.05, 0.1) is 32.4 Å². The van der Waals surface area contributed by atoms with Crippen molar-refractivity contribution in [1.82, 2.24) is 19.9 Å². The van der Waals surface area contributed by atoms with Gasteiger partial charge < -0.3 is 15.4 Å². The number of ether oxygens (including phenoxy) is 1.